The molecule has 2 amide bonds. The van der Waals surface area contributed by atoms with Crippen LogP contribution in [0, 0.1) is 0 Å². The first kappa shape index (κ1) is 21.0. The minimum Gasteiger partial charge on any atom is -0.507 e. The van der Waals surface area contributed by atoms with Crippen LogP contribution in [0.5, 0.6) is 17.2 Å². The van der Waals surface area contributed by atoms with Gasteiger partial charge in [0.1, 0.15) is 17.2 Å². The second kappa shape index (κ2) is 9.61. The Morgan fingerprint density at radius 3 is 2.57 bits per heavy atom. The highest BCUT2D eigenvalue weighted by atomic mass is 35.5. The summed E-state index contributed by atoms with van der Waals surface area (Å²) in [5.74, 6) is -0.160. The first-order valence-electron chi connectivity index (χ1n) is 8.18. The summed E-state index contributed by atoms with van der Waals surface area (Å²) in [5, 5.41) is 16.6. The molecule has 0 aliphatic rings. The summed E-state index contributed by atoms with van der Waals surface area (Å²) < 4.78 is 10.3. The lowest BCUT2D eigenvalue weighted by molar-refractivity contribution is -0.115. The maximum absolute atomic E-state index is 12.2. The summed E-state index contributed by atoms with van der Waals surface area (Å²) in [7, 11) is 3.02. The molecule has 0 atom stereocenters. The van der Waals surface area contributed by atoms with Gasteiger partial charge < -0.3 is 19.9 Å². The zero-order valence-corrected chi connectivity index (χ0v) is 16.3. The zero-order valence-electron chi connectivity index (χ0n) is 15.6. The molecule has 0 bridgehead atoms. The van der Waals surface area contributed by atoms with Crippen molar-refractivity contribution >= 4 is 34.8 Å². The first-order valence-corrected chi connectivity index (χ1v) is 8.55. The van der Waals surface area contributed by atoms with Gasteiger partial charge in [0.05, 0.1) is 31.9 Å². The van der Waals surface area contributed by atoms with Gasteiger partial charge in [0, 0.05) is 16.8 Å². The Balaban J connectivity index is 1.98. The standard InChI is InChI=1S/C19H20ClN3O5/c1-11(22-23-19(26)14-9-12(20)4-7-16(14)24)8-18(25)21-15-6-5-13(27-2)10-17(15)28-3/h4-7,9-10,24H,8H2,1-3H3,(H,21,25)(H,23,26)/b22-11+. The van der Waals surface area contributed by atoms with Crippen LogP contribution >= 0.6 is 11.6 Å². The molecular formula is C19H20ClN3O5. The van der Waals surface area contributed by atoms with Crippen molar-refractivity contribution in [2.75, 3.05) is 19.5 Å². The number of aromatic hydroxyl groups is 1. The molecule has 3 N–H and O–H groups in total. The van der Waals surface area contributed by atoms with Crippen LogP contribution < -0.4 is 20.2 Å². The highest BCUT2D eigenvalue weighted by Gasteiger charge is 2.13. The monoisotopic (exact) mass is 405 g/mol. The van der Waals surface area contributed by atoms with Gasteiger partial charge in [0.15, 0.2) is 0 Å². The number of methoxy groups -OCH3 is 2. The van der Waals surface area contributed by atoms with E-state index in [1.807, 2.05) is 0 Å². The van der Waals surface area contributed by atoms with Gasteiger partial charge in [0.25, 0.3) is 5.91 Å². The van der Waals surface area contributed by atoms with Gasteiger partial charge in [-0.05, 0) is 37.3 Å². The predicted molar refractivity (Wildman–Crippen MR) is 106 cm³/mol. The van der Waals surface area contributed by atoms with Crippen LogP contribution in [-0.2, 0) is 4.79 Å². The molecule has 0 saturated carbocycles. The van der Waals surface area contributed by atoms with E-state index in [0.717, 1.165) is 0 Å². The molecule has 0 saturated heterocycles. The number of hydrogen-bond donors (Lipinski definition) is 3. The van der Waals surface area contributed by atoms with Crippen molar-refractivity contribution in [1.82, 2.24) is 5.43 Å². The number of anilines is 1. The number of phenols is 1. The fourth-order valence-electron chi connectivity index (χ4n) is 2.26. The number of nitrogens with one attached hydrogen (secondary N) is 2. The number of ether oxygens (including phenoxy) is 2. The van der Waals surface area contributed by atoms with Crippen LogP contribution in [0.2, 0.25) is 5.02 Å². The molecule has 2 aromatic carbocycles. The second-order valence-corrected chi connectivity index (χ2v) is 6.18. The quantitative estimate of drug-likeness (QED) is 0.484. The number of hydrazone groups is 1. The third-order valence-corrected chi connectivity index (χ3v) is 3.89. The Morgan fingerprint density at radius 2 is 1.89 bits per heavy atom. The Kier molecular flexibility index (Phi) is 7.22. The SMILES string of the molecule is COc1ccc(NC(=O)C/C(C)=N/NC(=O)c2cc(Cl)ccc2O)c(OC)c1. The Morgan fingerprint density at radius 1 is 1.14 bits per heavy atom. The number of carbonyl (C=O) groups excluding carboxylic acids is 2. The number of nitrogens with zero attached hydrogens (tertiary/aromatic N) is 1. The molecule has 0 aromatic heterocycles. The summed E-state index contributed by atoms with van der Waals surface area (Å²) in [4.78, 5) is 24.3. The van der Waals surface area contributed by atoms with Crippen molar-refractivity contribution in [2.24, 2.45) is 5.10 Å². The van der Waals surface area contributed by atoms with E-state index in [2.05, 4.69) is 15.8 Å². The molecule has 2 aromatic rings. The Hall–Kier alpha value is -3.26. The van der Waals surface area contributed by atoms with Gasteiger partial charge in [-0.25, -0.2) is 5.43 Å². The van der Waals surface area contributed by atoms with Gasteiger partial charge in [-0.2, -0.15) is 5.10 Å². The molecule has 0 unspecified atom stereocenters. The molecule has 0 spiro atoms. The van der Waals surface area contributed by atoms with Crippen molar-refractivity contribution in [3.8, 4) is 17.2 Å². The van der Waals surface area contributed by atoms with Gasteiger partial charge in [-0.15, -0.1) is 0 Å². The lowest BCUT2D eigenvalue weighted by Gasteiger charge is -2.11. The number of amides is 2. The second-order valence-electron chi connectivity index (χ2n) is 5.74. The highest BCUT2D eigenvalue weighted by Crippen LogP contribution is 2.29. The molecule has 0 aliphatic heterocycles. The molecule has 0 heterocycles. The summed E-state index contributed by atoms with van der Waals surface area (Å²) in [6, 6.07) is 9.08. The van der Waals surface area contributed by atoms with Crippen molar-refractivity contribution in [3.05, 3.63) is 47.0 Å². The van der Waals surface area contributed by atoms with Crippen LogP contribution in [0.25, 0.3) is 0 Å². The van der Waals surface area contributed by atoms with Crippen LogP contribution in [0.1, 0.15) is 23.7 Å². The van der Waals surface area contributed by atoms with E-state index in [-0.39, 0.29) is 23.6 Å². The van der Waals surface area contributed by atoms with E-state index in [0.29, 0.717) is 27.9 Å². The Bertz CT molecular complexity index is 914. The van der Waals surface area contributed by atoms with Crippen molar-refractivity contribution in [2.45, 2.75) is 13.3 Å². The number of phenolic OH excluding ortho intramolecular Hbond substituents is 1. The molecular weight excluding hydrogens is 386 g/mol. The first-order chi connectivity index (χ1) is 13.3. The topological polar surface area (TPSA) is 109 Å². The van der Waals surface area contributed by atoms with Crippen LogP contribution in [0.4, 0.5) is 5.69 Å². The van der Waals surface area contributed by atoms with Crippen molar-refractivity contribution < 1.29 is 24.2 Å². The van der Waals surface area contributed by atoms with E-state index in [4.69, 9.17) is 21.1 Å². The molecule has 148 valence electrons. The van der Waals surface area contributed by atoms with Gasteiger partial charge in [-0.1, -0.05) is 11.6 Å². The normalized spacial score (nSPS) is 10.9. The molecule has 0 aliphatic carbocycles. The molecule has 9 heteroatoms. The van der Waals surface area contributed by atoms with E-state index in [1.54, 1.807) is 25.1 Å². The molecule has 2 rings (SSSR count). The fraction of sp³-hybridized carbons (Fsp3) is 0.211. The maximum atomic E-state index is 12.2. The molecule has 28 heavy (non-hydrogen) atoms. The van der Waals surface area contributed by atoms with Crippen molar-refractivity contribution in [3.63, 3.8) is 0 Å². The smallest absolute Gasteiger partial charge is 0.275 e. The minimum absolute atomic E-state index is 0.0172. The van der Waals surface area contributed by atoms with E-state index in [9.17, 15) is 14.7 Å². The third-order valence-electron chi connectivity index (χ3n) is 3.65. The van der Waals surface area contributed by atoms with Gasteiger partial charge >= 0.3 is 0 Å². The van der Waals surface area contributed by atoms with Crippen LogP contribution in [-0.4, -0.2) is 36.9 Å². The summed E-state index contributed by atoms with van der Waals surface area (Å²) in [6.45, 7) is 1.59. The fourth-order valence-corrected chi connectivity index (χ4v) is 2.44. The van der Waals surface area contributed by atoms with Gasteiger partial charge in [-0.3, -0.25) is 9.59 Å². The summed E-state index contributed by atoms with van der Waals surface area (Å²) >= 11 is 5.82. The summed E-state index contributed by atoms with van der Waals surface area (Å²) in [6.07, 6.45) is -0.0585. The lowest BCUT2D eigenvalue weighted by Crippen LogP contribution is -2.21. The zero-order chi connectivity index (χ0) is 20.7. The predicted octanol–water partition coefficient (Wildman–Crippen LogP) is 3.20. The molecule has 8 nitrogen and oxygen atoms in total. The van der Waals surface area contributed by atoms with Crippen molar-refractivity contribution in [1.29, 1.82) is 0 Å². The van der Waals surface area contributed by atoms with Gasteiger partial charge in [0.2, 0.25) is 5.91 Å². The lowest BCUT2D eigenvalue weighted by atomic mass is 10.2. The average Bonchev–Trinajstić information content (AvgIpc) is 2.68. The van der Waals surface area contributed by atoms with E-state index < -0.39 is 5.91 Å². The van der Waals surface area contributed by atoms with Crippen LogP contribution in [0.3, 0.4) is 0 Å². The number of rotatable bonds is 7. The summed E-state index contributed by atoms with van der Waals surface area (Å²) in [5.41, 5.74) is 3.11. The third kappa shape index (κ3) is 5.62. The number of hydrogen-bond acceptors (Lipinski definition) is 6. The molecule has 0 fully saturated rings. The Labute approximate surface area is 167 Å². The number of halogens is 1. The van der Waals surface area contributed by atoms with E-state index >= 15 is 0 Å². The largest absolute Gasteiger partial charge is 0.507 e. The van der Waals surface area contributed by atoms with E-state index in [1.165, 1.54) is 32.4 Å². The maximum Gasteiger partial charge on any atom is 0.275 e. The number of carbonyl (C=O) groups is 2. The number of benzene rings is 2. The van der Waals surface area contributed by atoms with Crippen LogP contribution in [0.15, 0.2) is 41.5 Å². The average molecular weight is 406 g/mol. The minimum atomic E-state index is -0.642. The molecule has 0 radical (unpaired) electrons. The highest BCUT2D eigenvalue weighted by molar-refractivity contribution is 6.31.